The fourth-order valence-electron chi connectivity index (χ4n) is 5.03. The van der Waals surface area contributed by atoms with Crippen molar-refractivity contribution in [2.45, 2.75) is 55.4 Å². The van der Waals surface area contributed by atoms with Gasteiger partial charge in [-0.2, -0.15) is 0 Å². The zero-order chi connectivity index (χ0) is 27.6. The minimum atomic E-state index is -1.79. The van der Waals surface area contributed by atoms with E-state index in [0.717, 1.165) is 12.3 Å². The average Bonchev–Trinajstić information content (AvgIpc) is 3.25. The third-order valence-electron chi connectivity index (χ3n) is 7.10. The number of aromatic hydroxyl groups is 1. The molecule has 1 aromatic rings. The number of hydrogen-bond acceptors (Lipinski definition) is 12. The van der Waals surface area contributed by atoms with E-state index in [1.165, 1.54) is 18.2 Å². The van der Waals surface area contributed by atoms with Gasteiger partial charge in [0.15, 0.2) is 6.29 Å². The van der Waals surface area contributed by atoms with Crippen LogP contribution in [0.3, 0.4) is 0 Å². The van der Waals surface area contributed by atoms with E-state index in [9.17, 15) is 45.3 Å². The van der Waals surface area contributed by atoms with E-state index >= 15 is 0 Å². The monoisotopic (exact) mass is 538 g/mol. The van der Waals surface area contributed by atoms with E-state index in [-0.39, 0.29) is 24.2 Å². The van der Waals surface area contributed by atoms with Crippen molar-refractivity contribution in [3.8, 4) is 5.75 Å². The Labute approximate surface area is 216 Å². The van der Waals surface area contributed by atoms with Crippen LogP contribution >= 0.6 is 0 Å². The van der Waals surface area contributed by atoms with Crippen molar-refractivity contribution in [1.29, 1.82) is 0 Å². The highest BCUT2D eigenvalue weighted by Gasteiger charge is 2.58. The van der Waals surface area contributed by atoms with Crippen LogP contribution in [0.15, 0.2) is 42.2 Å². The Hall–Kier alpha value is -3.04. The molecule has 38 heavy (non-hydrogen) atoms. The van der Waals surface area contributed by atoms with Gasteiger partial charge >= 0.3 is 11.9 Å². The van der Waals surface area contributed by atoms with Gasteiger partial charge in [-0.3, -0.25) is 0 Å². The zero-order valence-electron chi connectivity index (χ0n) is 20.1. The van der Waals surface area contributed by atoms with E-state index in [4.69, 9.17) is 18.9 Å². The lowest BCUT2D eigenvalue weighted by Crippen LogP contribution is -2.61. The molecule has 0 radical (unpaired) electrons. The van der Waals surface area contributed by atoms with Crippen molar-refractivity contribution in [2.75, 3.05) is 13.2 Å². The number of carboxylic acids is 1. The van der Waals surface area contributed by atoms with Crippen LogP contribution in [-0.4, -0.2) is 103 Å². The molecular formula is C25H30O13. The smallest absolute Gasteiger partial charge is 0.334 e. The molecule has 0 amide bonds. The van der Waals surface area contributed by atoms with Gasteiger partial charge in [0.2, 0.25) is 6.29 Å². The van der Waals surface area contributed by atoms with Crippen LogP contribution in [0.1, 0.15) is 18.4 Å². The van der Waals surface area contributed by atoms with Crippen molar-refractivity contribution >= 4 is 18.0 Å². The summed E-state index contributed by atoms with van der Waals surface area (Å²) in [5.74, 6) is -3.85. The summed E-state index contributed by atoms with van der Waals surface area (Å²) in [5.41, 5.74) is -1.30. The molecule has 0 unspecified atom stereocenters. The fourth-order valence-corrected chi connectivity index (χ4v) is 5.03. The first-order valence-electron chi connectivity index (χ1n) is 11.9. The maximum Gasteiger partial charge on any atom is 0.334 e. The number of fused-ring (bicyclic) bond motifs is 1. The predicted octanol–water partition coefficient (Wildman–Crippen LogP) is -1.15. The molecule has 1 saturated carbocycles. The molecule has 1 aromatic carbocycles. The van der Waals surface area contributed by atoms with Gasteiger partial charge in [0, 0.05) is 12.0 Å². The maximum atomic E-state index is 12.3. The van der Waals surface area contributed by atoms with Gasteiger partial charge < -0.3 is 54.7 Å². The van der Waals surface area contributed by atoms with Gasteiger partial charge in [0.1, 0.15) is 42.4 Å². The molecule has 13 nitrogen and oxygen atoms in total. The second kappa shape index (κ2) is 11.4. The standard InChI is InChI=1S/C25H30O13/c26-9-16-19(29)20(30)21(31)24(37-16)38-23-18-14(15(10-35-23)22(32)33)7-8-25(18,34)11-36-17(28)6-3-12-1-4-13(27)5-2-12/h1-6,10,14,16,18-21,23-24,26-27,29-31,34H,7-9,11H2,(H,32,33)/t14-,16-,18-,19-,20+,21-,23+,24+,25+/m1/s1. The van der Waals surface area contributed by atoms with Crippen LogP contribution in [-0.2, 0) is 28.5 Å². The summed E-state index contributed by atoms with van der Waals surface area (Å²) >= 11 is 0. The molecule has 2 aliphatic heterocycles. The van der Waals surface area contributed by atoms with Crippen LogP contribution in [0.2, 0.25) is 0 Å². The number of benzene rings is 1. The molecule has 1 aliphatic carbocycles. The summed E-state index contributed by atoms with van der Waals surface area (Å²) < 4.78 is 21.8. The van der Waals surface area contributed by atoms with Crippen molar-refractivity contribution in [3.63, 3.8) is 0 Å². The third kappa shape index (κ3) is 5.68. The second-order valence-electron chi connectivity index (χ2n) is 9.52. The Morgan fingerprint density at radius 1 is 1.08 bits per heavy atom. The first-order valence-corrected chi connectivity index (χ1v) is 11.9. The number of aliphatic carboxylic acids is 1. The van der Waals surface area contributed by atoms with Gasteiger partial charge in [0.05, 0.1) is 24.4 Å². The number of ether oxygens (including phenoxy) is 4. The Balaban J connectivity index is 1.49. The molecule has 1 saturated heterocycles. The summed E-state index contributed by atoms with van der Waals surface area (Å²) in [7, 11) is 0. The first-order chi connectivity index (χ1) is 18.0. The number of aliphatic hydroxyl groups is 5. The van der Waals surface area contributed by atoms with E-state index in [2.05, 4.69) is 0 Å². The van der Waals surface area contributed by atoms with Crippen molar-refractivity contribution in [2.24, 2.45) is 11.8 Å². The van der Waals surface area contributed by atoms with Crippen molar-refractivity contribution < 1.29 is 64.3 Å². The Bertz CT molecular complexity index is 1070. The van der Waals surface area contributed by atoms with Gasteiger partial charge in [-0.15, -0.1) is 0 Å². The van der Waals surface area contributed by atoms with Gasteiger partial charge in [-0.05, 0) is 36.6 Å². The van der Waals surface area contributed by atoms with E-state index < -0.39 is 79.6 Å². The molecule has 3 aliphatic rings. The molecular weight excluding hydrogens is 508 g/mol. The number of aliphatic hydroxyl groups excluding tert-OH is 4. The molecule has 0 spiro atoms. The number of carboxylic acid groups (broad SMARTS) is 1. The van der Waals surface area contributed by atoms with Crippen LogP contribution in [0, 0.1) is 11.8 Å². The first kappa shape index (κ1) is 28.0. The third-order valence-corrected chi connectivity index (χ3v) is 7.10. The molecule has 0 aromatic heterocycles. The topological polar surface area (TPSA) is 213 Å². The van der Waals surface area contributed by atoms with Crippen LogP contribution in [0.4, 0.5) is 0 Å². The number of esters is 1. The number of hydrogen-bond donors (Lipinski definition) is 7. The van der Waals surface area contributed by atoms with E-state index in [1.54, 1.807) is 12.1 Å². The number of phenols is 1. The maximum absolute atomic E-state index is 12.3. The SMILES string of the molecule is O=C(C=Cc1ccc(O)cc1)OC[C@@]1(O)CC[C@@H]2C(C(=O)O)=CO[C@@H](O[C@@H]3O[C@H](CO)[C@@H](O)[C@H](O)[C@H]3O)[C@@H]21. The number of carbonyl (C=O) groups is 2. The summed E-state index contributed by atoms with van der Waals surface area (Å²) in [4.78, 5) is 24.1. The molecule has 7 N–H and O–H groups in total. The molecule has 9 atom stereocenters. The summed E-state index contributed by atoms with van der Waals surface area (Å²) in [6, 6.07) is 6.04. The summed E-state index contributed by atoms with van der Waals surface area (Å²) in [5, 5.41) is 70.3. The van der Waals surface area contributed by atoms with Gasteiger partial charge in [0.25, 0.3) is 0 Å². The number of carbonyl (C=O) groups excluding carboxylic acids is 1. The zero-order valence-corrected chi connectivity index (χ0v) is 20.1. The minimum Gasteiger partial charge on any atom is -0.508 e. The van der Waals surface area contributed by atoms with Crippen LogP contribution < -0.4 is 0 Å². The van der Waals surface area contributed by atoms with Crippen molar-refractivity contribution in [3.05, 3.63) is 47.7 Å². The molecule has 2 fully saturated rings. The Kier molecular flexibility index (Phi) is 8.37. The lowest BCUT2D eigenvalue weighted by Gasteiger charge is -2.44. The Morgan fingerprint density at radius 2 is 1.79 bits per heavy atom. The van der Waals surface area contributed by atoms with Crippen LogP contribution in [0.25, 0.3) is 6.08 Å². The summed E-state index contributed by atoms with van der Waals surface area (Å²) in [6.07, 6.45) is -5.59. The predicted molar refractivity (Wildman–Crippen MR) is 125 cm³/mol. The highest BCUT2D eigenvalue weighted by molar-refractivity contribution is 5.87. The molecule has 2 heterocycles. The lowest BCUT2D eigenvalue weighted by molar-refractivity contribution is -0.347. The number of phenolic OH excluding ortho intramolecular Hbond substituents is 1. The van der Waals surface area contributed by atoms with Crippen molar-refractivity contribution in [1.82, 2.24) is 0 Å². The van der Waals surface area contributed by atoms with Gasteiger partial charge in [-0.1, -0.05) is 12.1 Å². The fraction of sp³-hybridized carbons (Fsp3) is 0.520. The summed E-state index contributed by atoms with van der Waals surface area (Å²) in [6.45, 7) is -1.22. The minimum absolute atomic E-state index is 0.0276. The second-order valence-corrected chi connectivity index (χ2v) is 9.52. The van der Waals surface area contributed by atoms with Gasteiger partial charge in [-0.25, -0.2) is 9.59 Å². The van der Waals surface area contributed by atoms with E-state index in [1.807, 2.05) is 0 Å². The van der Waals surface area contributed by atoms with Crippen LogP contribution in [0.5, 0.6) is 5.75 Å². The largest absolute Gasteiger partial charge is 0.508 e. The normalized spacial score (nSPS) is 36.8. The molecule has 13 heteroatoms. The highest BCUT2D eigenvalue weighted by Crippen LogP contribution is 2.49. The van der Waals surface area contributed by atoms with E-state index in [0.29, 0.717) is 5.56 Å². The lowest BCUT2D eigenvalue weighted by atomic mass is 9.80. The highest BCUT2D eigenvalue weighted by atomic mass is 16.8. The molecule has 4 rings (SSSR count). The molecule has 0 bridgehead atoms. The average molecular weight is 539 g/mol. The Morgan fingerprint density at radius 3 is 2.45 bits per heavy atom. The number of rotatable bonds is 8. The quantitative estimate of drug-likeness (QED) is 0.154. The molecule has 208 valence electrons.